The van der Waals surface area contributed by atoms with Gasteiger partial charge in [0.1, 0.15) is 0 Å². The van der Waals surface area contributed by atoms with Crippen LogP contribution in [0.25, 0.3) is 0 Å². The van der Waals surface area contributed by atoms with Gasteiger partial charge in [-0.2, -0.15) is 5.10 Å². The van der Waals surface area contributed by atoms with E-state index in [-0.39, 0.29) is 0 Å². The summed E-state index contributed by atoms with van der Waals surface area (Å²) in [7, 11) is 0. The van der Waals surface area contributed by atoms with Crippen LogP contribution in [0.3, 0.4) is 0 Å². The first-order chi connectivity index (χ1) is 9.71. The third-order valence-electron chi connectivity index (χ3n) is 5.15. The predicted octanol–water partition coefficient (Wildman–Crippen LogP) is 3.98. The average molecular weight is 296 g/mol. The van der Waals surface area contributed by atoms with Crippen LogP contribution < -0.4 is 0 Å². The minimum absolute atomic E-state index is 0.394. The molecule has 112 valence electrons. The molecule has 3 rings (SSSR count). The molecule has 0 aliphatic carbocycles. The van der Waals surface area contributed by atoms with E-state index in [1.807, 2.05) is 0 Å². The van der Waals surface area contributed by atoms with Crippen LogP contribution >= 0.6 is 11.6 Å². The molecule has 2 saturated heterocycles. The number of rotatable bonds is 5. The lowest BCUT2D eigenvalue weighted by Gasteiger charge is -2.36. The highest BCUT2D eigenvalue weighted by Gasteiger charge is 2.40. The normalized spacial score (nSPS) is 30.3. The molecular weight excluding hydrogens is 270 g/mol. The number of alkyl halides is 1. The molecule has 0 saturated carbocycles. The first-order valence-corrected chi connectivity index (χ1v) is 8.58. The van der Waals surface area contributed by atoms with E-state index in [0.717, 1.165) is 32.2 Å². The van der Waals surface area contributed by atoms with Gasteiger partial charge in [0.2, 0.25) is 0 Å². The molecule has 0 radical (unpaired) electrons. The minimum Gasteiger partial charge on any atom is -0.291 e. The SMILES string of the molecule is CCC(CC)n1ccc(CN2C3CCC2CC(Cl)C3)n1. The number of fused-ring (bicyclic) bond motifs is 2. The Morgan fingerprint density at radius 1 is 1.25 bits per heavy atom. The van der Waals surface area contributed by atoms with Crippen LogP contribution in [0.1, 0.15) is 64.1 Å². The Bertz CT molecular complexity index is 427. The molecule has 1 aromatic heterocycles. The lowest BCUT2D eigenvalue weighted by molar-refractivity contribution is 0.132. The second kappa shape index (κ2) is 6.07. The van der Waals surface area contributed by atoms with Crippen LogP contribution in [0.15, 0.2) is 12.3 Å². The van der Waals surface area contributed by atoms with Gasteiger partial charge >= 0.3 is 0 Å². The van der Waals surface area contributed by atoms with Crippen LogP contribution in [0.5, 0.6) is 0 Å². The highest BCUT2D eigenvalue weighted by molar-refractivity contribution is 6.20. The van der Waals surface area contributed by atoms with Crippen molar-refractivity contribution in [3.63, 3.8) is 0 Å². The van der Waals surface area contributed by atoms with Crippen molar-refractivity contribution in [2.24, 2.45) is 0 Å². The van der Waals surface area contributed by atoms with Crippen LogP contribution in [0.2, 0.25) is 0 Å². The number of hydrogen-bond acceptors (Lipinski definition) is 2. The predicted molar refractivity (Wildman–Crippen MR) is 83.1 cm³/mol. The first kappa shape index (κ1) is 14.4. The summed E-state index contributed by atoms with van der Waals surface area (Å²) < 4.78 is 2.16. The molecule has 4 heteroatoms. The van der Waals surface area contributed by atoms with Gasteiger partial charge in [-0.25, -0.2) is 0 Å². The van der Waals surface area contributed by atoms with Gasteiger partial charge in [-0.3, -0.25) is 9.58 Å². The molecule has 0 aromatic carbocycles. The van der Waals surface area contributed by atoms with Gasteiger partial charge in [0.15, 0.2) is 0 Å². The van der Waals surface area contributed by atoms with Crippen LogP contribution in [-0.4, -0.2) is 32.1 Å². The van der Waals surface area contributed by atoms with Crippen molar-refractivity contribution in [2.45, 2.75) is 82.4 Å². The van der Waals surface area contributed by atoms with E-state index in [0.29, 0.717) is 23.5 Å². The van der Waals surface area contributed by atoms with E-state index < -0.39 is 0 Å². The fraction of sp³-hybridized carbons (Fsp3) is 0.812. The lowest BCUT2D eigenvalue weighted by atomic mass is 10.0. The van der Waals surface area contributed by atoms with Crippen LogP contribution in [0, 0.1) is 0 Å². The average Bonchev–Trinajstić information content (AvgIpc) is 2.97. The van der Waals surface area contributed by atoms with Crippen LogP contribution in [-0.2, 0) is 6.54 Å². The second-order valence-corrected chi connectivity index (χ2v) is 7.00. The standard InChI is InChI=1S/C16H26ClN3/c1-3-14(4-2)20-8-7-13(18-20)11-19-15-5-6-16(19)10-12(17)9-15/h7-8,12,14-16H,3-6,9-11H2,1-2H3. The van der Waals surface area contributed by atoms with Crippen LogP contribution in [0.4, 0.5) is 0 Å². The van der Waals surface area contributed by atoms with Crippen molar-refractivity contribution in [2.75, 3.05) is 0 Å². The van der Waals surface area contributed by atoms with Gasteiger partial charge in [-0.1, -0.05) is 13.8 Å². The quantitative estimate of drug-likeness (QED) is 0.766. The van der Waals surface area contributed by atoms with Gasteiger partial charge in [0.25, 0.3) is 0 Å². The molecule has 2 unspecified atom stereocenters. The maximum atomic E-state index is 6.35. The second-order valence-electron chi connectivity index (χ2n) is 6.38. The lowest BCUT2D eigenvalue weighted by Crippen LogP contribution is -2.42. The third kappa shape index (κ3) is 2.75. The van der Waals surface area contributed by atoms with Gasteiger partial charge in [-0.05, 0) is 44.6 Å². The molecular formula is C16H26ClN3. The number of nitrogens with zero attached hydrogens (tertiary/aromatic N) is 3. The van der Waals surface area contributed by atoms with Gasteiger partial charge in [0, 0.05) is 30.2 Å². The highest BCUT2D eigenvalue weighted by atomic mass is 35.5. The summed E-state index contributed by atoms with van der Waals surface area (Å²) in [5.74, 6) is 0. The Labute approximate surface area is 127 Å². The molecule has 0 N–H and O–H groups in total. The zero-order valence-electron chi connectivity index (χ0n) is 12.6. The summed E-state index contributed by atoms with van der Waals surface area (Å²) in [5, 5.41) is 5.20. The minimum atomic E-state index is 0.394. The van der Waals surface area contributed by atoms with E-state index in [4.69, 9.17) is 16.7 Å². The Kier molecular flexibility index (Phi) is 4.37. The molecule has 1 aromatic rings. The van der Waals surface area contributed by atoms with Crippen molar-refractivity contribution in [1.82, 2.24) is 14.7 Å². The number of aromatic nitrogens is 2. The highest BCUT2D eigenvalue weighted by Crippen LogP contribution is 2.38. The Morgan fingerprint density at radius 2 is 1.90 bits per heavy atom. The molecule has 0 amide bonds. The molecule has 3 heterocycles. The number of hydrogen-bond donors (Lipinski definition) is 0. The summed E-state index contributed by atoms with van der Waals surface area (Å²) in [4.78, 5) is 2.65. The summed E-state index contributed by atoms with van der Waals surface area (Å²) in [6.07, 6.45) is 9.42. The molecule has 2 aliphatic heterocycles. The third-order valence-corrected chi connectivity index (χ3v) is 5.51. The maximum absolute atomic E-state index is 6.35. The van der Waals surface area contributed by atoms with Crippen molar-refractivity contribution in [1.29, 1.82) is 0 Å². The zero-order chi connectivity index (χ0) is 14.1. The van der Waals surface area contributed by atoms with Crippen molar-refractivity contribution < 1.29 is 0 Å². The summed E-state index contributed by atoms with van der Waals surface area (Å²) in [6.45, 7) is 5.48. The largest absolute Gasteiger partial charge is 0.291 e. The maximum Gasteiger partial charge on any atom is 0.0765 e. The van der Waals surface area contributed by atoms with E-state index in [2.05, 4.69) is 35.7 Å². The van der Waals surface area contributed by atoms with Crippen molar-refractivity contribution in [3.05, 3.63) is 18.0 Å². The Hall–Kier alpha value is -0.540. The van der Waals surface area contributed by atoms with E-state index in [1.165, 1.54) is 18.5 Å². The molecule has 2 bridgehead atoms. The fourth-order valence-electron chi connectivity index (χ4n) is 3.98. The zero-order valence-corrected chi connectivity index (χ0v) is 13.4. The molecule has 0 spiro atoms. The summed E-state index contributed by atoms with van der Waals surface area (Å²) in [5.41, 5.74) is 1.22. The Morgan fingerprint density at radius 3 is 2.50 bits per heavy atom. The fourth-order valence-corrected chi connectivity index (χ4v) is 4.39. The molecule has 3 nitrogen and oxygen atoms in total. The number of halogens is 1. The summed E-state index contributed by atoms with van der Waals surface area (Å²) in [6, 6.07) is 4.13. The molecule has 2 fully saturated rings. The van der Waals surface area contributed by atoms with Crippen molar-refractivity contribution in [3.8, 4) is 0 Å². The Balaban J connectivity index is 1.67. The van der Waals surface area contributed by atoms with Gasteiger partial charge in [-0.15, -0.1) is 11.6 Å². The smallest absolute Gasteiger partial charge is 0.0765 e. The number of piperidine rings is 1. The van der Waals surface area contributed by atoms with Gasteiger partial charge < -0.3 is 0 Å². The van der Waals surface area contributed by atoms with E-state index >= 15 is 0 Å². The van der Waals surface area contributed by atoms with Crippen molar-refractivity contribution >= 4 is 11.6 Å². The van der Waals surface area contributed by atoms with Gasteiger partial charge in [0.05, 0.1) is 11.7 Å². The molecule has 2 aliphatic rings. The summed E-state index contributed by atoms with van der Waals surface area (Å²) >= 11 is 6.35. The molecule has 2 atom stereocenters. The first-order valence-electron chi connectivity index (χ1n) is 8.15. The van der Waals surface area contributed by atoms with E-state index in [9.17, 15) is 0 Å². The molecule has 20 heavy (non-hydrogen) atoms. The monoisotopic (exact) mass is 295 g/mol. The van der Waals surface area contributed by atoms with E-state index in [1.54, 1.807) is 0 Å². The topological polar surface area (TPSA) is 21.1 Å².